The van der Waals surface area contributed by atoms with Crippen molar-refractivity contribution in [1.82, 2.24) is 10.2 Å². The molecular formula is C23H33ClN2O2. The maximum atomic E-state index is 13.3. The third-order valence-electron chi connectivity index (χ3n) is 6.52. The number of halogens is 1. The highest BCUT2D eigenvalue weighted by Crippen LogP contribution is 2.42. The Morgan fingerprint density at radius 1 is 1.14 bits per heavy atom. The average Bonchev–Trinajstić information content (AvgIpc) is 2.57. The lowest BCUT2D eigenvalue weighted by Crippen LogP contribution is -2.56. The molecule has 154 valence electrons. The lowest BCUT2D eigenvalue weighted by molar-refractivity contribution is -0.142. The van der Waals surface area contributed by atoms with Crippen molar-refractivity contribution in [2.75, 3.05) is 13.1 Å². The zero-order valence-electron chi connectivity index (χ0n) is 17.5. The molecule has 1 aliphatic carbocycles. The van der Waals surface area contributed by atoms with Crippen molar-refractivity contribution in [2.24, 2.45) is 17.3 Å². The molecule has 1 saturated heterocycles. The van der Waals surface area contributed by atoms with Crippen molar-refractivity contribution < 1.29 is 9.59 Å². The molecule has 1 heterocycles. The van der Waals surface area contributed by atoms with Gasteiger partial charge in [0.15, 0.2) is 0 Å². The predicted octanol–water partition coefficient (Wildman–Crippen LogP) is 4.62. The van der Waals surface area contributed by atoms with Gasteiger partial charge in [-0.05, 0) is 54.2 Å². The molecule has 2 amide bonds. The number of hydrogen-bond acceptors (Lipinski definition) is 2. The third kappa shape index (κ3) is 4.53. The van der Waals surface area contributed by atoms with Crippen LogP contribution >= 0.6 is 11.6 Å². The number of piperidine rings is 1. The third-order valence-corrected chi connectivity index (χ3v) is 6.77. The molecule has 1 aromatic carbocycles. The van der Waals surface area contributed by atoms with Crippen molar-refractivity contribution in [1.29, 1.82) is 0 Å². The first-order chi connectivity index (χ1) is 13.2. The second-order valence-electron chi connectivity index (χ2n) is 9.50. The Morgan fingerprint density at radius 2 is 1.79 bits per heavy atom. The van der Waals surface area contributed by atoms with Crippen molar-refractivity contribution in [2.45, 2.75) is 65.3 Å². The lowest BCUT2D eigenvalue weighted by atomic mass is 9.70. The minimum atomic E-state index is -0.434. The van der Waals surface area contributed by atoms with E-state index in [9.17, 15) is 9.59 Å². The highest BCUT2D eigenvalue weighted by atomic mass is 35.5. The summed E-state index contributed by atoms with van der Waals surface area (Å²) in [7, 11) is 0. The molecule has 0 aromatic heterocycles. The number of carbonyl (C=O) groups excluding carboxylic acids is 2. The molecule has 28 heavy (non-hydrogen) atoms. The first kappa shape index (κ1) is 21.2. The standard InChI is InChI=1S/C23H33ClN2O2/c1-15(2)20(25-21(27)17-6-5-7-17)22(28)26-13-12-19(23(3,4)14-26)16-8-10-18(24)11-9-16/h8-11,15,17,19-20H,5-7,12-14H2,1-4H3,(H,25,27)/t19-,20-/m1/s1. The minimum absolute atomic E-state index is 0.0404. The van der Waals surface area contributed by atoms with Crippen molar-refractivity contribution >= 4 is 23.4 Å². The summed E-state index contributed by atoms with van der Waals surface area (Å²) in [4.78, 5) is 27.7. The summed E-state index contributed by atoms with van der Waals surface area (Å²) >= 11 is 6.04. The first-order valence-electron chi connectivity index (χ1n) is 10.5. The minimum Gasteiger partial charge on any atom is -0.344 e. The Bertz CT molecular complexity index is 710. The topological polar surface area (TPSA) is 49.4 Å². The Labute approximate surface area is 174 Å². The van der Waals surface area contributed by atoms with Gasteiger partial charge in [0.05, 0.1) is 0 Å². The number of rotatable bonds is 5. The summed E-state index contributed by atoms with van der Waals surface area (Å²) in [6, 6.07) is 7.64. The number of hydrogen-bond donors (Lipinski definition) is 1. The van der Waals surface area contributed by atoms with Crippen LogP contribution in [-0.2, 0) is 9.59 Å². The molecule has 0 bridgehead atoms. The van der Waals surface area contributed by atoms with Crippen molar-refractivity contribution in [3.63, 3.8) is 0 Å². The zero-order chi connectivity index (χ0) is 20.5. The van der Waals surface area contributed by atoms with E-state index in [4.69, 9.17) is 11.6 Å². The van der Waals surface area contributed by atoms with Crippen LogP contribution in [0, 0.1) is 17.3 Å². The maximum absolute atomic E-state index is 13.3. The number of nitrogens with one attached hydrogen (secondary N) is 1. The van der Waals surface area contributed by atoms with Crippen LogP contribution in [0.25, 0.3) is 0 Å². The number of amides is 2. The molecule has 0 radical (unpaired) electrons. The largest absolute Gasteiger partial charge is 0.344 e. The summed E-state index contributed by atoms with van der Waals surface area (Å²) in [5.74, 6) is 0.671. The van der Waals surface area contributed by atoms with Crippen LogP contribution in [0.2, 0.25) is 5.02 Å². The smallest absolute Gasteiger partial charge is 0.245 e. The van der Waals surface area contributed by atoms with Gasteiger partial charge in [-0.25, -0.2) is 0 Å². The van der Waals surface area contributed by atoms with Gasteiger partial charge < -0.3 is 10.2 Å². The second-order valence-corrected chi connectivity index (χ2v) is 9.94. The van der Waals surface area contributed by atoms with Gasteiger partial charge in [0, 0.05) is 24.0 Å². The van der Waals surface area contributed by atoms with E-state index in [2.05, 4.69) is 31.3 Å². The Balaban J connectivity index is 1.68. The van der Waals surface area contributed by atoms with Gasteiger partial charge in [-0.3, -0.25) is 9.59 Å². The fourth-order valence-corrected chi connectivity index (χ4v) is 4.64. The number of likely N-dealkylation sites (tertiary alicyclic amines) is 1. The monoisotopic (exact) mass is 404 g/mol. The van der Waals surface area contributed by atoms with Crippen LogP contribution in [0.4, 0.5) is 0 Å². The molecule has 1 N–H and O–H groups in total. The van der Waals surface area contributed by atoms with Crippen LogP contribution in [0.5, 0.6) is 0 Å². The molecule has 2 atom stereocenters. The van der Waals surface area contributed by atoms with E-state index >= 15 is 0 Å². The summed E-state index contributed by atoms with van der Waals surface area (Å²) in [5, 5.41) is 3.79. The molecule has 1 aromatic rings. The second kappa shape index (κ2) is 8.44. The molecule has 4 nitrogen and oxygen atoms in total. The van der Waals surface area contributed by atoms with E-state index in [0.29, 0.717) is 12.5 Å². The van der Waals surface area contributed by atoms with E-state index in [-0.39, 0.29) is 29.1 Å². The Morgan fingerprint density at radius 3 is 2.29 bits per heavy atom. The summed E-state index contributed by atoms with van der Waals surface area (Å²) in [5.41, 5.74) is 1.24. The van der Waals surface area contributed by atoms with Gasteiger partial charge in [-0.15, -0.1) is 0 Å². The number of benzene rings is 1. The van der Waals surface area contributed by atoms with Crippen molar-refractivity contribution in [3.05, 3.63) is 34.9 Å². The summed E-state index contributed by atoms with van der Waals surface area (Å²) in [6.07, 6.45) is 3.93. The van der Waals surface area contributed by atoms with E-state index in [1.54, 1.807) is 0 Å². The van der Waals surface area contributed by atoms with E-state index in [1.165, 1.54) is 5.56 Å². The lowest BCUT2D eigenvalue weighted by Gasteiger charge is -2.46. The quantitative estimate of drug-likeness (QED) is 0.778. The Kier molecular flexibility index (Phi) is 6.38. The van der Waals surface area contributed by atoms with Crippen LogP contribution in [-0.4, -0.2) is 35.8 Å². The molecular weight excluding hydrogens is 372 g/mol. The molecule has 2 fully saturated rings. The van der Waals surface area contributed by atoms with Gasteiger partial charge >= 0.3 is 0 Å². The van der Waals surface area contributed by atoms with Gasteiger partial charge in [0.2, 0.25) is 11.8 Å². The van der Waals surface area contributed by atoms with Gasteiger partial charge in [0.25, 0.3) is 0 Å². The molecule has 2 aliphatic rings. The average molecular weight is 405 g/mol. The number of nitrogens with zero attached hydrogens (tertiary/aromatic N) is 1. The fraction of sp³-hybridized carbons (Fsp3) is 0.652. The number of carbonyl (C=O) groups is 2. The van der Waals surface area contributed by atoms with Gasteiger partial charge in [-0.1, -0.05) is 57.8 Å². The van der Waals surface area contributed by atoms with Crippen LogP contribution in [0.3, 0.4) is 0 Å². The molecule has 0 unspecified atom stereocenters. The van der Waals surface area contributed by atoms with E-state index < -0.39 is 6.04 Å². The van der Waals surface area contributed by atoms with Crippen LogP contribution in [0.15, 0.2) is 24.3 Å². The van der Waals surface area contributed by atoms with E-state index in [0.717, 1.165) is 37.3 Å². The molecule has 1 aliphatic heterocycles. The maximum Gasteiger partial charge on any atom is 0.245 e. The fourth-order valence-electron chi connectivity index (χ4n) is 4.51. The predicted molar refractivity (Wildman–Crippen MR) is 113 cm³/mol. The zero-order valence-corrected chi connectivity index (χ0v) is 18.3. The summed E-state index contributed by atoms with van der Waals surface area (Å²) < 4.78 is 0. The molecule has 1 saturated carbocycles. The van der Waals surface area contributed by atoms with Crippen LogP contribution < -0.4 is 5.32 Å². The van der Waals surface area contributed by atoms with Crippen LogP contribution in [0.1, 0.15) is 64.9 Å². The van der Waals surface area contributed by atoms with Crippen molar-refractivity contribution in [3.8, 4) is 0 Å². The summed E-state index contributed by atoms with van der Waals surface area (Å²) in [6.45, 7) is 9.89. The molecule has 5 heteroatoms. The molecule has 0 spiro atoms. The SMILES string of the molecule is CC(C)[C@@H](NC(=O)C1CCC1)C(=O)N1CC[C@H](c2ccc(Cl)cc2)C(C)(C)C1. The molecule has 3 rings (SSSR count). The first-order valence-corrected chi connectivity index (χ1v) is 10.9. The normalized spacial score (nSPS) is 23.2. The van der Waals surface area contributed by atoms with E-state index in [1.807, 2.05) is 30.9 Å². The highest BCUT2D eigenvalue weighted by molar-refractivity contribution is 6.30. The van der Waals surface area contributed by atoms with Gasteiger partial charge in [-0.2, -0.15) is 0 Å². The highest BCUT2D eigenvalue weighted by Gasteiger charge is 2.41. The van der Waals surface area contributed by atoms with Gasteiger partial charge in [0.1, 0.15) is 6.04 Å². The Hall–Kier alpha value is -1.55.